The summed E-state index contributed by atoms with van der Waals surface area (Å²) in [6.45, 7) is 3.26. The molecule has 23 heavy (non-hydrogen) atoms. The van der Waals surface area contributed by atoms with Crippen molar-refractivity contribution in [2.75, 3.05) is 18.5 Å². The molecule has 0 aliphatic carbocycles. The van der Waals surface area contributed by atoms with E-state index in [1.807, 2.05) is 13.0 Å². The van der Waals surface area contributed by atoms with Crippen molar-refractivity contribution in [1.29, 1.82) is 0 Å². The van der Waals surface area contributed by atoms with Gasteiger partial charge in [-0.2, -0.15) is 5.10 Å². The minimum Gasteiger partial charge on any atom is -0.491 e. The highest BCUT2D eigenvalue weighted by Crippen LogP contribution is 2.17. The SMILES string of the molecule is Cc1cc(NC(=O)c2ccc(OCC3CCCO3)cc2)n(C)n1. The lowest BCUT2D eigenvalue weighted by Crippen LogP contribution is -2.16. The van der Waals surface area contributed by atoms with Crippen LogP contribution in [0.3, 0.4) is 0 Å². The maximum absolute atomic E-state index is 12.2. The molecule has 6 nitrogen and oxygen atoms in total. The lowest BCUT2D eigenvalue weighted by Gasteiger charge is -2.11. The van der Waals surface area contributed by atoms with Crippen molar-refractivity contribution in [2.45, 2.75) is 25.9 Å². The summed E-state index contributed by atoms with van der Waals surface area (Å²) in [5.41, 5.74) is 1.44. The number of carbonyl (C=O) groups is 1. The zero-order valence-electron chi connectivity index (χ0n) is 13.4. The average molecular weight is 315 g/mol. The Bertz CT molecular complexity index is 673. The van der Waals surface area contributed by atoms with E-state index in [0.29, 0.717) is 18.0 Å². The number of ether oxygens (including phenoxy) is 2. The number of benzene rings is 1. The van der Waals surface area contributed by atoms with Crippen molar-refractivity contribution in [3.05, 3.63) is 41.6 Å². The van der Waals surface area contributed by atoms with Crippen LogP contribution in [0.5, 0.6) is 5.75 Å². The van der Waals surface area contributed by atoms with E-state index in [0.717, 1.165) is 30.9 Å². The molecule has 0 bridgehead atoms. The molecule has 1 aliphatic rings. The Hall–Kier alpha value is -2.34. The van der Waals surface area contributed by atoms with Crippen molar-refractivity contribution in [2.24, 2.45) is 7.05 Å². The van der Waals surface area contributed by atoms with Crippen molar-refractivity contribution >= 4 is 11.7 Å². The third-order valence-electron chi connectivity index (χ3n) is 3.82. The van der Waals surface area contributed by atoms with E-state index in [4.69, 9.17) is 9.47 Å². The van der Waals surface area contributed by atoms with E-state index in [9.17, 15) is 4.79 Å². The van der Waals surface area contributed by atoms with Crippen LogP contribution in [0.2, 0.25) is 0 Å². The first kappa shape index (κ1) is 15.6. The number of hydrogen-bond donors (Lipinski definition) is 1. The zero-order chi connectivity index (χ0) is 16.2. The van der Waals surface area contributed by atoms with Gasteiger partial charge in [0.1, 0.15) is 18.2 Å². The maximum atomic E-state index is 12.2. The Labute approximate surface area is 135 Å². The average Bonchev–Trinajstić information content (AvgIpc) is 3.16. The molecule has 2 heterocycles. The fraction of sp³-hybridized carbons (Fsp3) is 0.412. The molecule has 0 spiro atoms. The van der Waals surface area contributed by atoms with Gasteiger partial charge in [0.05, 0.1) is 11.8 Å². The molecule has 122 valence electrons. The van der Waals surface area contributed by atoms with E-state index >= 15 is 0 Å². The van der Waals surface area contributed by atoms with Crippen LogP contribution in [0.4, 0.5) is 5.82 Å². The summed E-state index contributed by atoms with van der Waals surface area (Å²) in [6, 6.07) is 8.94. The Morgan fingerprint density at radius 3 is 2.83 bits per heavy atom. The van der Waals surface area contributed by atoms with Crippen LogP contribution >= 0.6 is 0 Å². The van der Waals surface area contributed by atoms with Crippen molar-refractivity contribution in [1.82, 2.24) is 9.78 Å². The van der Waals surface area contributed by atoms with Crippen molar-refractivity contribution in [3.8, 4) is 5.75 Å². The fourth-order valence-corrected chi connectivity index (χ4v) is 2.58. The molecule has 1 saturated heterocycles. The smallest absolute Gasteiger partial charge is 0.256 e. The molecule has 0 saturated carbocycles. The second-order valence-electron chi connectivity index (χ2n) is 5.72. The van der Waals surface area contributed by atoms with Crippen LogP contribution in [0, 0.1) is 6.92 Å². The highest BCUT2D eigenvalue weighted by atomic mass is 16.5. The third-order valence-corrected chi connectivity index (χ3v) is 3.82. The molecule has 6 heteroatoms. The molecule has 3 rings (SSSR count). The number of hydrogen-bond acceptors (Lipinski definition) is 4. The van der Waals surface area contributed by atoms with E-state index in [1.165, 1.54) is 0 Å². The highest BCUT2D eigenvalue weighted by Gasteiger charge is 2.16. The Morgan fingerprint density at radius 2 is 2.22 bits per heavy atom. The molecule has 1 unspecified atom stereocenters. The Morgan fingerprint density at radius 1 is 1.43 bits per heavy atom. The molecule has 1 amide bonds. The number of carbonyl (C=O) groups excluding carboxylic acids is 1. The molecule has 1 aromatic carbocycles. The summed E-state index contributed by atoms with van der Waals surface area (Å²) in [5.74, 6) is 1.25. The first-order chi connectivity index (χ1) is 11.1. The number of aromatic nitrogens is 2. The molecule has 1 N–H and O–H groups in total. The van der Waals surface area contributed by atoms with Gasteiger partial charge in [-0.3, -0.25) is 9.48 Å². The van der Waals surface area contributed by atoms with Crippen molar-refractivity contribution < 1.29 is 14.3 Å². The predicted octanol–water partition coefficient (Wildman–Crippen LogP) is 2.54. The number of aryl methyl sites for hydroxylation is 2. The standard InChI is InChI=1S/C17H21N3O3/c1-12-10-16(20(2)19-12)18-17(21)13-5-7-14(8-6-13)23-11-15-4-3-9-22-15/h5-8,10,15H,3-4,9,11H2,1-2H3,(H,18,21). The highest BCUT2D eigenvalue weighted by molar-refractivity contribution is 6.03. The summed E-state index contributed by atoms with van der Waals surface area (Å²) >= 11 is 0. The molecule has 1 fully saturated rings. The van der Waals surface area contributed by atoms with Crippen LogP contribution in [-0.2, 0) is 11.8 Å². The number of nitrogens with zero attached hydrogens (tertiary/aromatic N) is 2. The summed E-state index contributed by atoms with van der Waals surface area (Å²) in [5, 5.41) is 7.05. The van der Waals surface area contributed by atoms with Crippen LogP contribution < -0.4 is 10.1 Å². The van der Waals surface area contributed by atoms with Gasteiger partial charge in [-0.15, -0.1) is 0 Å². The van der Waals surface area contributed by atoms with Gasteiger partial charge >= 0.3 is 0 Å². The third kappa shape index (κ3) is 3.90. The number of nitrogens with one attached hydrogen (secondary N) is 1. The zero-order valence-corrected chi connectivity index (χ0v) is 13.4. The molecule has 0 radical (unpaired) electrons. The van der Waals surface area contributed by atoms with Gasteiger partial charge in [-0.1, -0.05) is 0 Å². The molecule has 1 atom stereocenters. The van der Waals surface area contributed by atoms with E-state index < -0.39 is 0 Å². The lowest BCUT2D eigenvalue weighted by atomic mass is 10.2. The van der Waals surface area contributed by atoms with Gasteiger partial charge < -0.3 is 14.8 Å². The van der Waals surface area contributed by atoms with Gasteiger partial charge in [0.2, 0.25) is 0 Å². The number of anilines is 1. The minimum atomic E-state index is -0.168. The van der Waals surface area contributed by atoms with E-state index in [2.05, 4.69) is 10.4 Å². The quantitative estimate of drug-likeness (QED) is 0.921. The van der Waals surface area contributed by atoms with Gasteiger partial charge in [-0.25, -0.2) is 0 Å². The molecular weight excluding hydrogens is 294 g/mol. The first-order valence-electron chi connectivity index (χ1n) is 7.78. The minimum absolute atomic E-state index is 0.168. The molecule has 1 aliphatic heterocycles. The van der Waals surface area contributed by atoms with Crippen LogP contribution in [-0.4, -0.2) is 35.0 Å². The predicted molar refractivity (Wildman–Crippen MR) is 86.8 cm³/mol. The lowest BCUT2D eigenvalue weighted by molar-refractivity contribution is 0.0679. The topological polar surface area (TPSA) is 65.4 Å². The molecular formula is C17H21N3O3. The fourth-order valence-electron chi connectivity index (χ4n) is 2.58. The summed E-state index contributed by atoms with van der Waals surface area (Å²) in [4.78, 5) is 12.2. The Balaban J connectivity index is 1.57. The first-order valence-corrected chi connectivity index (χ1v) is 7.78. The van der Waals surface area contributed by atoms with Gasteiger partial charge in [0, 0.05) is 25.3 Å². The number of amides is 1. The molecule has 2 aromatic rings. The second-order valence-corrected chi connectivity index (χ2v) is 5.72. The van der Waals surface area contributed by atoms with Crippen molar-refractivity contribution in [3.63, 3.8) is 0 Å². The largest absolute Gasteiger partial charge is 0.491 e. The number of rotatable bonds is 5. The van der Waals surface area contributed by atoms with Crippen LogP contribution in [0.1, 0.15) is 28.9 Å². The van der Waals surface area contributed by atoms with E-state index in [-0.39, 0.29) is 12.0 Å². The van der Waals surface area contributed by atoms with Crippen LogP contribution in [0.15, 0.2) is 30.3 Å². The maximum Gasteiger partial charge on any atom is 0.256 e. The normalized spacial score (nSPS) is 17.2. The monoisotopic (exact) mass is 315 g/mol. The summed E-state index contributed by atoms with van der Waals surface area (Å²) < 4.78 is 12.9. The second kappa shape index (κ2) is 6.83. The van der Waals surface area contributed by atoms with Gasteiger partial charge in [0.25, 0.3) is 5.91 Å². The Kier molecular flexibility index (Phi) is 4.62. The van der Waals surface area contributed by atoms with Gasteiger partial charge in [0.15, 0.2) is 0 Å². The van der Waals surface area contributed by atoms with Crippen LogP contribution in [0.25, 0.3) is 0 Å². The van der Waals surface area contributed by atoms with Gasteiger partial charge in [-0.05, 0) is 44.0 Å². The van der Waals surface area contributed by atoms with E-state index in [1.54, 1.807) is 36.0 Å². The summed E-state index contributed by atoms with van der Waals surface area (Å²) in [6.07, 6.45) is 2.33. The molecule has 1 aromatic heterocycles. The summed E-state index contributed by atoms with van der Waals surface area (Å²) in [7, 11) is 1.80.